The highest BCUT2D eigenvalue weighted by atomic mass is 19.1. The minimum absolute atomic E-state index is 0.0840. The van der Waals surface area contributed by atoms with Gasteiger partial charge in [0.1, 0.15) is 11.4 Å². The van der Waals surface area contributed by atoms with Gasteiger partial charge in [-0.05, 0) is 75.3 Å². The van der Waals surface area contributed by atoms with Gasteiger partial charge in [-0.1, -0.05) is 43.5 Å². The number of alkyl carbamates (subject to hydrolysis) is 1. The molecule has 1 heterocycles. The van der Waals surface area contributed by atoms with Crippen LogP contribution in [0.3, 0.4) is 0 Å². The maximum Gasteiger partial charge on any atom is 0.407 e. The minimum atomic E-state index is -0.506. The summed E-state index contributed by atoms with van der Waals surface area (Å²) in [5.41, 5.74) is 2.06. The first-order valence-corrected chi connectivity index (χ1v) is 11.7. The number of nitrogens with one attached hydrogen (secondary N) is 1. The predicted octanol–water partition coefficient (Wildman–Crippen LogP) is 6.62. The molecule has 0 saturated heterocycles. The molecule has 2 aromatic rings. The maximum absolute atomic E-state index is 13.5. The predicted molar refractivity (Wildman–Crippen MR) is 125 cm³/mol. The molecule has 0 aliphatic heterocycles. The summed E-state index contributed by atoms with van der Waals surface area (Å²) >= 11 is 0. The van der Waals surface area contributed by atoms with Crippen LogP contribution in [0.2, 0.25) is 0 Å². The number of nitrogens with zero attached hydrogens (tertiary/aromatic N) is 1. The molecule has 0 bridgehead atoms. The molecule has 2 saturated carbocycles. The normalized spacial score (nSPS) is 25.5. The number of carbonyl (C=O) groups is 1. The van der Waals surface area contributed by atoms with Crippen molar-refractivity contribution in [1.29, 1.82) is 0 Å². The summed E-state index contributed by atoms with van der Waals surface area (Å²) in [4.78, 5) is 17.0. The summed E-state index contributed by atoms with van der Waals surface area (Å²) in [6.45, 7) is 5.66. The molecule has 1 aromatic carbocycles. The van der Waals surface area contributed by atoms with E-state index in [1.54, 1.807) is 12.3 Å². The summed E-state index contributed by atoms with van der Waals surface area (Å²) in [6.07, 6.45) is 11.7. The van der Waals surface area contributed by atoms with Gasteiger partial charge in [-0.25, -0.2) is 9.18 Å². The monoisotopic (exact) mass is 436 g/mol. The first kappa shape index (κ1) is 22.5. The third kappa shape index (κ3) is 5.56. The summed E-state index contributed by atoms with van der Waals surface area (Å²) in [7, 11) is 0. The lowest BCUT2D eigenvalue weighted by molar-refractivity contribution is 0.0495. The average Bonchev–Trinajstić information content (AvgIpc) is 3.08. The highest BCUT2D eigenvalue weighted by molar-refractivity contribution is 5.68. The maximum atomic E-state index is 13.5. The number of carbonyl (C=O) groups excluding carboxylic acids is 1. The van der Waals surface area contributed by atoms with Crippen molar-refractivity contribution in [3.8, 4) is 11.1 Å². The highest BCUT2D eigenvalue weighted by Crippen LogP contribution is 2.46. The van der Waals surface area contributed by atoms with E-state index in [2.05, 4.69) is 22.5 Å². The van der Waals surface area contributed by atoms with Gasteiger partial charge < -0.3 is 10.1 Å². The van der Waals surface area contributed by atoms with Crippen LogP contribution >= 0.6 is 0 Å². The van der Waals surface area contributed by atoms with E-state index in [0.717, 1.165) is 23.2 Å². The Hall–Kier alpha value is -2.69. The second-order valence-corrected chi connectivity index (χ2v) is 10.1. The van der Waals surface area contributed by atoms with Gasteiger partial charge in [0.2, 0.25) is 0 Å². The number of halogens is 1. The summed E-state index contributed by atoms with van der Waals surface area (Å²) in [6, 6.07) is 10.6. The second-order valence-electron chi connectivity index (χ2n) is 10.1. The Kier molecular flexibility index (Phi) is 6.63. The van der Waals surface area contributed by atoms with Crippen LogP contribution in [-0.4, -0.2) is 22.7 Å². The quantitative estimate of drug-likeness (QED) is 0.586. The molecule has 2 aliphatic carbocycles. The second kappa shape index (κ2) is 9.43. The molecular weight excluding hydrogens is 403 g/mol. The molecule has 170 valence electrons. The van der Waals surface area contributed by atoms with Crippen molar-refractivity contribution in [2.24, 2.45) is 17.8 Å². The number of pyridine rings is 1. The first-order chi connectivity index (χ1) is 15.3. The van der Waals surface area contributed by atoms with Gasteiger partial charge in [-0.3, -0.25) is 4.98 Å². The van der Waals surface area contributed by atoms with E-state index in [9.17, 15) is 9.18 Å². The van der Waals surface area contributed by atoms with Crippen LogP contribution in [-0.2, 0) is 4.74 Å². The van der Waals surface area contributed by atoms with Gasteiger partial charge in [-0.2, -0.15) is 0 Å². The van der Waals surface area contributed by atoms with Crippen LogP contribution in [0.15, 0.2) is 48.7 Å². The number of amides is 1. The standard InChI is InChI=1S/C27H33FN2O2/c1-27(2,3)32-26(31)30-25-16-19-7-4-5-10-23(19)24(25)14-13-22-12-11-20(17-29-22)18-8-6-9-21(28)15-18/h6,8-9,11-15,17,19,23-25H,4-5,7,10,16H2,1-3H3,(H,30,31)/b14-13+/t19-,23-,24+,25?/m0/s1. The van der Waals surface area contributed by atoms with Crippen molar-refractivity contribution < 1.29 is 13.9 Å². The van der Waals surface area contributed by atoms with Crippen molar-refractivity contribution in [3.63, 3.8) is 0 Å². The van der Waals surface area contributed by atoms with Crippen LogP contribution in [0, 0.1) is 23.6 Å². The van der Waals surface area contributed by atoms with E-state index < -0.39 is 5.60 Å². The highest BCUT2D eigenvalue weighted by Gasteiger charge is 2.43. The molecule has 1 N–H and O–H groups in total. The van der Waals surface area contributed by atoms with Crippen LogP contribution in [0.4, 0.5) is 9.18 Å². The van der Waals surface area contributed by atoms with Crippen molar-refractivity contribution in [3.05, 3.63) is 60.2 Å². The fraction of sp³-hybridized carbons (Fsp3) is 0.481. The van der Waals surface area contributed by atoms with Crippen molar-refractivity contribution in [1.82, 2.24) is 10.3 Å². The lowest BCUT2D eigenvalue weighted by atomic mass is 9.78. The largest absolute Gasteiger partial charge is 0.444 e. The van der Waals surface area contributed by atoms with E-state index in [1.165, 1.54) is 37.8 Å². The summed E-state index contributed by atoms with van der Waals surface area (Å²) in [5.74, 6) is 1.27. The van der Waals surface area contributed by atoms with Crippen LogP contribution in [0.25, 0.3) is 17.2 Å². The third-order valence-corrected chi connectivity index (χ3v) is 6.62. The fourth-order valence-electron chi connectivity index (χ4n) is 5.26. The summed E-state index contributed by atoms with van der Waals surface area (Å²) < 4.78 is 19.0. The Bertz CT molecular complexity index is 964. The Morgan fingerprint density at radius 2 is 1.97 bits per heavy atom. The average molecular weight is 437 g/mol. The molecule has 32 heavy (non-hydrogen) atoms. The molecule has 1 amide bonds. The Morgan fingerprint density at radius 1 is 1.16 bits per heavy atom. The number of aromatic nitrogens is 1. The molecule has 4 nitrogen and oxygen atoms in total. The molecule has 2 aliphatic rings. The topological polar surface area (TPSA) is 51.2 Å². The van der Waals surface area contributed by atoms with E-state index in [0.29, 0.717) is 11.8 Å². The molecule has 0 radical (unpaired) electrons. The Labute approximate surface area is 190 Å². The molecular formula is C27H33FN2O2. The van der Waals surface area contributed by atoms with E-state index in [4.69, 9.17) is 4.74 Å². The van der Waals surface area contributed by atoms with Gasteiger partial charge >= 0.3 is 6.09 Å². The first-order valence-electron chi connectivity index (χ1n) is 11.7. The van der Waals surface area contributed by atoms with Crippen molar-refractivity contribution in [2.45, 2.75) is 64.5 Å². The van der Waals surface area contributed by atoms with Gasteiger partial charge in [0, 0.05) is 23.7 Å². The zero-order chi connectivity index (χ0) is 22.7. The van der Waals surface area contributed by atoms with E-state index >= 15 is 0 Å². The third-order valence-electron chi connectivity index (χ3n) is 6.62. The van der Waals surface area contributed by atoms with Crippen LogP contribution in [0.5, 0.6) is 0 Å². The zero-order valence-corrected chi connectivity index (χ0v) is 19.2. The van der Waals surface area contributed by atoms with Crippen molar-refractivity contribution in [2.75, 3.05) is 0 Å². The lowest BCUT2D eigenvalue weighted by Gasteiger charge is -2.28. The molecule has 1 aromatic heterocycles. The zero-order valence-electron chi connectivity index (χ0n) is 19.2. The number of ether oxygens (including phenoxy) is 1. The van der Waals surface area contributed by atoms with Crippen LogP contribution in [0.1, 0.15) is 58.6 Å². The molecule has 1 unspecified atom stereocenters. The van der Waals surface area contributed by atoms with Crippen LogP contribution < -0.4 is 5.32 Å². The molecule has 2 fully saturated rings. The van der Waals surface area contributed by atoms with Gasteiger partial charge in [0.05, 0.1) is 5.69 Å². The number of fused-ring (bicyclic) bond motifs is 1. The Morgan fingerprint density at radius 3 is 2.69 bits per heavy atom. The molecule has 0 spiro atoms. The van der Waals surface area contributed by atoms with E-state index in [1.807, 2.05) is 39.0 Å². The van der Waals surface area contributed by atoms with Crippen molar-refractivity contribution >= 4 is 12.2 Å². The number of hydrogen-bond donors (Lipinski definition) is 1. The molecule has 5 heteroatoms. The summed E-state index contributed by atoms with van der Waals surface area (Å²) in [5, 5.41) is 3.15. The lowest BCUT2D eigenvalue weighted by Crippen LogP contribution is -2.41. The number of benzene rings is 1. The number of rotatable bonds is 4. The Balaban J connectivity index is 1.48. The fourth-order valence-corrected chi connectivity index (χ4v) is 5.26. The smallest absolute Gasteiger partial charge is 0.407 e. The number of hydrogen-bond acceptors (Lipinski definition) is 3. The minimum Gasteiger partial charge on any atom is -0.444 e. The SMILES string of the molecule is CC(C)(C)OC(=O)NC1C[C@@H]2CCCC[C@@H]2[C@H]1/C=C/c1ccc(-c2cccc(F)c2)cn1. The van der Waals surface area contributed by atoms with Gasteiger partial charge in [0.25, 0.3) is 0 Å². The van der Waals surface area contributed by atoms with E-state index in [-0.39, 0.29) is 23.9 Å². The molecule has 4 rings (SSSR count). The van der Waals surface area contributed by atoms with Gasteiger partial charge in [-0.15, -0.1) is 0 Å². The van der Waals surface area contributed by atoms with Gasteiger partial charge in [0.15, 0.2) is 0 Å². The molecule has 4 atom stereocenters.